The van der Waals surface area contributed by atoms with Gasteiger partial charge in [-0.05, 0) is 24.1 Å². The van der Waals surface area contributed by atoms with E-state index in [0.29, 0.717) is 23.9 Å². The van der Waals surface area contributed by atoms with Crippen molar-refractivity contribution in [2.24, 2.45) is 5.73 Å². The topological polar surface area (TPSA) is 101 Å². The summed E-state index contributed by atoms with van der Waals surface area (Å²) >= 11 is 0. The maximum atomic E-state index is 12.9. The number of hydrogen-bond donors (Lipinski definition) is 1. The molecule has 8 heteroatoms. The third-order valence-electron chi connectivity index (χ3n) is 5.23. The van der Waals surface area contributed by atoms with E-state index in [1.54, 1.807) is 31.6 Å². The van der Waals surface area contributed by atoms with Crippen molar-refractivity contribution in [2.75, 3.05) is 23.9 Å². The summed E-state index contributed by atoms with van der Waals surface area (Å²) in [5, 5.41) is 0. The highest BCUT2D eigenvalue weighted by Gasteiger charge is 2.22. The van der Waals surface area contributed by atoms with E-state index in [0.717, 1.165) is 11.1 Å². The number of anilines is 3. The van der Waals surface area contributed by atoms with Crippen LogP contribution in [-0.4, -0.2) is 46.0 Å². The molecule has 0 unspecified atom stereocenters. The second-order valence-electron chi connectivity index (χ2n) is 7.57. The molecule has 0 saturated carbocycles. The zero-order chi connectivity index (χ0) is 23.2. The van der Waals surface area contributed by atoms with Crippen LogP contribution < -0.4 is 15.5 Å². The summed E-state index contributed by atoms with van der Waals surface area (Å²) in [6, 6.07) is 22.3. The van der Waals surface area contributed by atoms with E-state index in [4.69, 9.17) is 5.73 Å². The molecule has 166 valence electrons. The summed E-state index contributed by atoms with van der Waals surface area (Å²) in [7, 11) is 3.48. The number of hydrogen-bond acceptors (Lipinski definition) is 7. The number of benzene rings is 2. The van der Waals surface area contributed by atoms with Crippen LogP contribution in [0, 0.1) is 0 Å². The maximum Gasteiger partial charge on any atom is 0.246 e. The van der Waals surface area contributed by atoms with Gasteiger partial charge in [-0.3, -0.25) is 9.69 Å². The molecule has 4 rings (SSSR count). The van der Waals surface area contributed by atoms with E-state index in [1.807, 2.05) is 72.6 Å². The van der Waals surface area contributed by atoms with Gasteiger partial charge >= 0.3 is 0 Å². The number of carbonyl (C=O) groups is 1. The van der Waals surface area contributed by atoms with Crippen LogP contribution in [-0.2, 0) is 11.2 Å². The lowest BCUT2D eigenvalue weighted by Crippen LogP contribution is -2.43. The molecule has 0 spiro atoms. The van der Waals surface area contributed by atoms with Gasteiger partial charge in [0.25, 0.3) is 0 Å². The van der Waals surface area contributed by atoms with Crippen molar-refractivity contribution < 1.29 is 4.79 Å². The lowest BCUT2D eigenvalue weighted by Gasteiger charge is -2.22. The van der Waals surface area contributed by atoms with Crippen molar-refractivity contribution >= 4 is 23.5 Å². The van der Waals surface area contributed by atoms with Crippen LogP contribution >= 0.6 is 0 Å². The van der Waals surface area contributed by atoms with Crippen LogP contribution in [0.15, 0.2) is 85.2 Å². The Morgan fingerprint density at radius 3 is 2.15 bits per heavy atom. The SMILES string of the molecule is CN(C(=O)[C@H](N)Cc1ccccc1)c1nccc(N(C)c2ccnc(-c3ccccc3)n2)n1. The average molecular weight is 440 g/mol. The Bertz CT molecular complexity index is 1220. The molecule has 4 aromatic rings. The number of nitrogens with zero attached hydrogens (tertiary/aromatic N) is 6. The minimum absolute atomic E-state index is 0.257. The van der Waals surface area contributed by atoms with Gasteiger partial charge in [0.1, 0.15) is 11.6 Å². The number of amides is 1. The Hall–Kier alpha value is -4.17. The summed E-state index contributed by atoms with van der Waals surface area (Å²) in [5.74, 6) is 1.89. The molecule has 33 heavy (non-hydrogen) atoms. The van der Waals surface area contributed by atoms with Gasteiger partial charge < -0.3 is 10.6 Å². The lowest BCUT2D eigenvalue weighted by atomic mass is 10.1. The van der Waals surface area contributed by atoms with E-state index in [9.17, 15) is 4.79 Å². The van der Waals surface area contributed by atoms with Crippen molar-refractivity contribution in [2.45, 2.75) is 12.5 Å². The largest absolute Gasteiger partial charge is 0.320 e. The first-order valence-electron chi connectivity index (χ1n) is 10.6. The van der Waals surface area contributed by atoms with Crippen molar-refractivity contribution in [3.63, 3.8) is 0 Å². The van der Waals surface area contributed by atoms with Gasteiger partial charge in [-0.15, -0.1) is 0 Å². The zero-order valence-electron chi connectivity index (χ0n) is 18.5. The third kappa shape index (κ3) is 5.19. The highest BCUT2D eigenvalue weighted by atomic mass is 16.2. The van der Waals surface area contributed by atoms with E-state index in [2.05, 4.69) is 19.9 Å². The van der Waals surface area contributed by atoms with Crippen LogP contribution in [0.2, 0.25) is 0 Å². The van der Waals surface area contributed by atoms with Crippen LogP contribution in [0.5, 0.6) is 0 Å². The Morgan fingerprint density at radius 2 is 1.45 bits per heavy atom. The first-order chi connectivity index (χ1) is 16.0. The van der Waals surface area contributed by atoms with Crippen LogP contribution in [0.25, 0.3) is 11.4 Å². The smallest absolute Gasteiger partial charge is 0.246 e. The summed E-state index contributed by atoms with van der Waals surface area (Å²) in [6.45, 7) is 0. The second-order valence-corrected chi connectivity index (χ2v) is 7.57. The highest BCUT2D eigenvalue weighted by molar-refractivity contribution is 5.95. The summed E-state index contributed by atoms with van der Waals surface area (Å²) in [4.78, 5) is 34.0. The molecular weight excluding hydrogens is 414 g/mol. The molecule has 8 nitrogen and oxygen atoms in total. The van der Waals surface area contributed by atoms with Crippen LogP contribution in [0.3, 0.4) is 0 Å². The fraction of sp³-hybridized carbons (Fsp3) is 0.160. The number of aromatic nitrogens is 4. The van der Waals surface area contributed by atoms with E-state index in [-0.39, 0.29) is 11.9 Å². The Morgan fingerprint density at radius 1 is 0.848 bits per heavy atom. The number of likely N-dealkylation sites (N-methyl/N-ethyl adjacent to an activating group) is 1. The Balaban J connectivity index is 1.52. The van der Waals surface area contributed by atoms with E-state index in [1.165, 1.54) is 4.90 Å². The fourth-order valence-corrected chi connectivity index (χ4v) is 3.37. The van der Waals surface area contributed by atoms with Gasteiger partial charge in [0.2, 0.25) is 11.9 Å². The molecule has 2 aromatic heterocycles. The van der Waals surface area contributed by atoms with Gasteiger partial charge in [-0.1, -0.05) is 60.7 Å². The summed E-state index contributed by atoms with van der Waals surface area (Å²) in [5.41, 5.74) is 8.10. The van der Waals surface area contributed by atoms with Gasteiger partial charge in [0.05, 0.1) is 6.04 Å². The van der Waals surface area contributed by atoms with Crippen molar-refractivity contribution in [3.05, 3.63) is 90.8 Å². The molecule has 0 fully saturated rings. The quantitative estimate of drug-likeness (QED) is 0.472. The van der Waals surface area contributed by atoms with Gasteiger partial charge in [-0.25, -0.2) is 15.0 Å². The Labute approximate surface area is 192 Å². The van der Waals surface area contributed by atoms with Gasteiger partial charge in [0, 0.05) is 32.1 Å². The second kappa shape index (κ2) is 9.97. The number of nitrogens with two attached hydrogens (primary N) is 1. The molecule has 0 bridgehead atoms. The number of rotatable bonds is 7. The molecule has 2 heterocycles. The molecule has 1 amide bonds. The van der Waals surface area contributed by atoms with Gasteiger partial charge in [0.15, 0.2) is 5.82 Å². The molecular formula is C25H25N7O. The number of carbonyl (C=O) groups excluding carboxylic acids is 1. The predicted octanol–water partition coefficient (Wildman–Crippen LogP) is 3.23. The molecule has 2 N–H and O–H groups in total. The van der Waals surface area contributed by atoms with Gasteiger partial charge in [-0.2, -0.15) is 4.98 Å². The molecule has 0 aliphatic carbocycles. The zero-order valence-corrected chi connectivity index (χ0v) is 18.5. The van der Waals surface area contributed by atoms with Crippen molar-refractivity contribution in [1.82, 2.24) is 19.9 Å². The summed E-state index contributed by atoms with van der Waals surface area (Å²) < 4.78 is 0. The average Bonchev–Trinajstić information content (AvgIpc) is 2.88. The molecule has 0 saturated heterocycles. The highest BCUT2D eigenvalue weighted by Crippen LogP contribution is 2.23. The van der Waals surface area contributed by atoms with Crippen LogP contribution in [0.1, 0.15) is 5.56 Å². The van der Waals surface area contributed by atoms with E-state index >= 15 is 0 Å². The summed E-state index contributed by atoms with van der Waals surface area (Å²) in [6.07, 6.45) is 3.76. The predicted molar refractivity (Wildman–Crippen MR) is 129 cm³/mol. The minimum atomic E-state index is -0.697. The lowest BCUT2D eigenvalue weighted by molar-refractivity contribution is -0.119. The first-order valence-corrected chi connectivity index (χ1v) is 10.6. The van der Waals surface area contributed by atoms with Crippen molar-refractivity contribution in [1.29, 1.82) is 0 Å². The molecule has 0 radical (unpaired) electrons. The minimum Gasteiger partial charge on any atom is -0.320 e. The Kier molecular flexibility index (Phi) is 6.66. The van der Waals surface area contributed by atoms with E-state index < -0.39 is 6.04 Å². The third-order valence-corrected chi connectivity index (χ3v) is 5.23. The van der Waals surface area contributed by atoms with Crippen molar-refractivity contribution in [3.8, 4) is 11.4 Å². The first kappa shape index (κ1) is 22.0. The molecule has 1 atom stereocenters. The molecule has 0 aliphatic rings. The molecule has 0 aliphatic heterocycles. The monoisotopic (exact) mass is 439 g/mol. The fourth-order valence-electron chi connectivity index (χ4n) is 3.37. The van der Waals surface area contributed by atoms with Crippen LogP contribution in [0.4, 0.5) is 17.6 Å². The standard InChI is InChI=1S/C25H25N7O/c1-31(21-13-15-27-23(29-21)19-11-7-4-8-12-19)22-14-16-28-25(30-22)32(2)24(33)20(26)17-18-9-5-3-6-10-18/h3-16,20H,17,26H2,1-2H3/t20-/m1/s1. The molecule has 2 aromatic carbocycles. The normalized spacial score (nSPS) is 11.6. The maximum absolute atomic E-state index is 12.9.